The molecule has 29 heavy (non-hydrogen) atoms. The summed E-state index contributed by atoms with van der Waals surface area (Å²) in [5.74, 6) is -6.72. The van der Waals surface area contributed by atoms with Gasteiger partial charge >= 0.3 is 12.1 Å². The van der Waals surface area contributed by atoms with Crippen LogP contribution in [0.2, 0.25) is 0 Å². The van der Waals surface area contributed by atoms with Crippen molar-refractivity contribution in [2.45, 2.75) is 44.3 Å². The lowest BCUT2D eigenvalue weighted by atomic mass is 9.80. The van der Waals surface area contributed by atoms with Crippen LogP contribution >= 0.6 is 0 Å². The topological polar surface area (TPSA) is 52.3 Å². The predicted octanol–water partition coefficient (Wildman–Crippen LogP) is 5.41. The van der Waals surface area contributed by atoms with Crippen molar-refractivity contribution >= 4 is 5.78 Å². The maximum atomic E-state index is 15.0. The number of alkyl halides is 5. The number of carbonyl (C=O) groups is 1. The smallest absolute Gasteiger partial charge is 0.417 e. The van der Waals surface area contributed by atoms with Gasteiger partial charge in [-0.15, -0.1) is 0 Å². The van der Waals surface area contributed by atoms with Crippen LogP contribution in [0.4, 0.5) is 22.0 Å². The number of hydrogen-bond donors (Lipinski definition) is 1. The molecule has 1 unspecified atom stereocenters. The molecule has 0 saturated carbocycles. The van der Waals surface area contributed by atoms with E-state index in [9.17, 15) is 26.7 Å². The highest BCUT2D eigenvalue weighted by Crippen LogP contribution is 2.49. The standard InChI is InChI=1S/C21H22F5NO2/c1-3-4-13-29-17-11-9-16(10-12-17)19(27,21(24,25)26)20(22,23)18(28)15-7-5-14(2)6-8-15/h5-12H,3-4,13,27H2,1-2H3. The van der Waals surface area contributed by atoms with Gasteiger partial charge in [0.2, 0.25) is 11.3 Å². The average molecular weight is 415 g/mol. The number of unbranched alkanes of at least 4 members (excludes halogenated alkanes) is 1. The largest absolute Gasteiger partial charge is 0.494 e. The summed E-state index contributed by atoms with van der Waals surface area (Å²) in [5, 5.41) is 0. The van der Waals surface area contributed by atoms with Gasteiger partial charge in [0, 0.05) is 5.56 Å². The quantitative estimate of drug-likeness (QED) is 0.356. The number of hydrogen-bond acceptors (Lipinski definition) is 3. The fourth-order valence-corrected chi connectivity index (χ4v) is 2.74. The summed E-state index contributed by atoms with van der Waals surface area (Å²) in [6, 6.07) is 8.70. The van der Waals surface area contributed by atoms with Crippen molar-refractivity contribution < 1.29 is 31.5 Å². The van der Waals surface area contributed by atoms with E-state index in [1.807, 2.05) is 6.92 Å². The zero-order valence-electron chi connectivity index (χ0n) is 16.0. The Balaban J connectivity index is 2.45. The fourth-order valence-electron chi connectivity index (χ4n) is 2.74. The Morgan fingerprint density at radius 2 is 1.52 bits per heavy atom. The van der Waals surface area contributed by atoms with Crippen LogP contribution in [0.1, 0.15) is 41.3 Å². The van der Waals surface area contributed by atoms with Crippen molar-refractivity contribution in [1.29, 1.82) is 0 Å². The lowest BCUT2D eigenvalue weighted by Gasteiger charge is -2.38. The fraction of sp³-hybridized carbons (Fsp3) is 0.381. The van der Waals surface area contributed by atoms with Crippen LogP contribution in [0.5, 0.6) is 5.75 Å². The highest BCUT2D eigenvalue weighted by Gasteiger charge is 2.71. The monoisotopic (exact) mass is 415 g/mol. The SMILES string of the molecule is CCCCOc1ccc(C(N)(C(F)(F)F)C(F)(F)C(=O)c2ccc(C)cc2)cc1. The van der Waals surface area contributed by atoms with Crippen LogP contribution in [-0.2, 0) is 5.54 Å². The summed E-state index contributed by atoms with van der Waals surface area (Å²) >= 11 is 0. The zero-order chi connectivity index (χ0) is 21.9. The second kappa shape index (κ2) is 8.49. The Morgan fingerprint density at radius 1 is 0.966 bits per heavy atom. The molecular formula is C21H22F5NO2. The highest BCUT2D eigenvalue weighted by atomic mass is 19.4. The average Bonchev–Trinajstić information content (AvgIpc) is 2.67. The molecule has 8 heteroatoms. The summed E-state index contributed by atoms with van der Waals surface area (Å²) < 4.78 is 76.6. The van der Waals surface area contributed by atoms with Crippen molar-refractivity contribution in [3.63, 3.8) is 0 Å². The molecule has 0 aliphatic heterocycles. The molecule has 0 spiro atoms. The molecule has 0 fully saturated rings. The van der Waals surface area contributed by atoms with E-state index in [0.29, 0.717) is 12.2 Å². The Labute approximate surface area is 165 Å². The van der Waals surface area contributed by atoms with Gasteiger partial charge in [-0.05, 0) is 31.0 Å². The number of ether oxygens (including phenoxy) is 1. The van der Waals surface area contributed by atoms with E-state index in [4.69, 9.17) is 10.5 Å². The third kappa shape index (κ3) is 4.42. The second-order valence-electron chi connectivity index (χ2n) is 6.80. The van der Waals surface area contributed by atoms with E-state index in [0.717, 1.165) is 49.2 Å². The van der Waals surface area contributed by atoms with Gasteiger partial charge in [0.1, 0.15) is 5.75 Å². The first-order chi connectivity index (χ1) is 13.4. The number of carbonyl (C=O) groups excluding carboxylic acids is 1. The van der Waals surface area contributed by atoms with Crippen LogP contribution in [0.25, 0.3) is 0 Å². The molecule has 3 nitrogen and oxygen atoms in total. The zero-order valence-corrected chi connectivity index (χ0v) is 16.0. The number of nitrogens with two attached hydrogens (primary N) is 1. The van der Waals surface area contributed by atoms with Gasteiger partial charge in [0.25, 0.3) is 0 Å². The number of rotatable bonds is 8. The lowest BCUT2D eigenvalue weighted by molar-refractivity contribution is -0.243. The number of aryl methyl sites for hydroxylation is 1. The summed E-state index contributed by atoms with van der Waals surface area (Å²) in [6.07, 6.45) is -4.01. The molecule has 2 aromatic rings. The maximum Gasteiger partial charge on any atom is 0.417 e. The maximum absolute atomic E-state index is 15.0. The number of benzene rings is 2. The van der Waals surface area contributed by atoms with Gasteiger partial charge in [-0.2, -0.15) is 22.0 Å². The van der Waals surface area contributed by atoms with E-state index in [2.05, 4.69) is 0 Å². The second-order valence-corrected chi connectivity index (χ2v) is 6.80. The molecule has 0 saturated heterocycles. The van der Waals surface area contributed by atoms with Gasteiger partial charge in [-0.1, -0.05) is 55.3 Å². The molecule has 0 bridgehead atoms. The van der Waals surface area contributed by atoms with Gasteiger partial charge in [0.15, 0.2) is 0 Å². The van der Waals surface area contributed by atoms with E-state index in [-0.39, 0.29) is 5.75 Å². The molecular weight excluding hydrogens is 393 g/mol. The molecule has 2 rings (SSSR count). The molecule has 0 heterocycles. The molecule has 0 aliphatic carbocycles. The Kier molecular flexibility index (Phi) is 6.67. The third-order valence-electron chi connectivity index (χ3n) is 4.62. The summed E-state index contributed by atoms with van der Waals surface area (Å²) in [6.45, 7) is 3.93. The molecule has 1 atom stereocenters. The Bertz CT molecular complexity index is 832. The summed E-state index contributed by atoms with van der Waals surface area (Å²) in [4.78, 5) is 12.3. The Hall–Kier alpha value is -2.48. The van der Waals surface area contributed by atoms with Crippen LogP contribution < -0.4 is 10.5 Å². The van der Waals surface area contributed by atoms with Crippen LogP contribution in [0.15, 0.2) is 48.5 Å². The molecule has 0 aromatic heterocycles. The normalized spacial score (nSPS) is 14.3. The van der Waals surface area contributed by atoms with E-state index < -0.39 is 34.5 Å². The first-order valence-electron chi connectivity index (χ1n) is 9.03. The summed E-state index contributed by atoms with van der Waals surface area (Å²) in [5.41, 5.74) is 0.250. The van der Waals surface area contributed by atoms with Crippen LogP contribution in [-0.4, -0.2) is 24.5 Å². The summed E-state index contributed by atoms with van der Waals surface area (Å²) in [7, 11) is 0. The van der Waals surface area contributed by atoms with Crippen molar-refractivity contribution in [2.75, 3.05) is 6.61 Å². The van der Waals surface area contributed by atoms with Gasteiger partial charge in [-0.3, -0.25) is 4.79 Å². The van der Waals surface area contributed by atoms with Crippen molar-refractivity contribution in [3.8, 4) is 5.75 Å². The minimum Gasteiger partial charge on any atom is -0.494 e. The van der Waals surface area contributed by atoms with Crippen molar-refractivity contribution in [2.24, 2.45) is 5.73 Å². The van der Waals surface area contributed by atoms with Crippen molar-refractivity contribution in [1.82, 2.24) is 0 Å². The molecule has 2 N–H and O–H groups in total. The number of Topliss-reactive ketones (excluding diaryl/α,β-unsaturated/α-hetero) is 1. The number of ketones is 1. The first-order valence-corrected chi connectivity index (χ1v) is 9.03. The molecule has 0 amide bonds. The molecule has 0 radical (unpaired) electrons. The molecule has 0 aliphatic rings. The van der Waals surface area contributed by atoms with E-state index in [1.54, 1.807) is 6.92 Å². The van der Waals surface area contributed by atoms with Gasteiger partial charge < -0.3 is 10.5 Å². The minimum absolute atomic E-state index is 0.222. The molecule has 2 aromatic carbocycles. The van der Waals surface area contributed by atoms with E-state index >= 15 is 0 Å². The number of halogens is 5. The van der Waals surface area contributed by atoms with Gasteiger partial charge in [-0.25, -0.2) is 0 Å². The third-order valence-corrected chi connectivity index (χ3v) is 4.62. The minimum atomic E-state index is -5.60. The van der Waals surface area contributed by atoms with Gasteiger partial charge in [0.05, 0.1) is 6.61 Å². The highest BCUT2D eigenvalue weighted by molar-refractivity contribution is 6.02. The van der Waals surface area contributed by atoms with Crippen LogP contribution in [0.3, 0.4) is 0 Å². The predicted molar refractivity (Wildman–Crippen MR) is 99.2 cm³/mol. The Morgan fingerprint density at radius 3 is 2.00 bits per heavy atom. The van der Waals surface area contributed by atoms with Crippen LogP contribution in [0, 0.1) is 6.92 Å². The lowest BCUT2D eigenvalue weighted by Crippen LogP contribution is -2.65. The molecule has 158 valence electrons. The van der Waals surface area contributed by atoms with E-state index in [1.165, 1.54) is 12.1 Å². The van der Waals surface area contributed by atoms with Crippen molar-refractivity contribution in [3.05, 3.63) is 65.2 Å². The first kappa shape index (κ1) is 22.8.